The van der Waals surface area contributed by atoms with Crippen LogP contribution in [0.3, 0.4) is 0 Å². The molecule has 0 unspecified atom stereocenters. The highest BCUT2D eigenvalue weighted by Gasteiger charge is 1.99. The van der Waals surface area contributed by atoms with Gasteiger partial charge in [-0.3, -0.25) is 0 Å². The first-order chi connectivity index (χ1) is 5.18. The van der Waals surface area contributed by atoms with Gasteiger partial charge in [0, 0.05) is 0 Å². The topological polar surface area (TPSA) is 65.5 Å². The maximum absolute atomic E-state index is 10.1. The summed E-state index contributed by atoms with van der Waals surface area (Å²) in [6, 6.07) is 3.53. The lowest BCUT2D eigenvalue weighted by molar-refractivity contribution is 0.141. The van der Waals surface area contributed by atoms with Crippen molar-refractivity contribution in [2.45, 2.75) is 13.5 Å². The second-order valence-corrected chi connectivity index (χ2v) is 2.12. The molecule has 0 aliphatic rings. The lowest BCUT2D eigenvalue weighted by Gasteiger charge is -1.95. The Morgan fingerprint density at radius 2 is 2.45 bits per heavy atom. The van der Waals surface area contributed by atoms with E-state index in [9.17, 15) is 4.79 Å². The van der Waals surface area contributed by atoms with Crippen LogP contribution in [0.4, 0.5) is 4.79 Å². The van der Waals surface area contributed by atoms with Gasteiger partial charge in [-0.25, -0.2) is 4.79 Å². The van der Waals surface area contributed by atoms with Gasteiger partial charge in [0.1, 0.15) is 11.5 Å². The number of ether oxygens (including phenoxy) is 1. The molecule has 0 aliphatic carbocycles. The minimum absolute atomic E-state index is 0.100. The van der Waals surface area contributed by atoms with Gasteiger partial charge in [-0.05, 0) is 19.1 Å². The van der Waals surface area contributed by atoms with Crippen molar-refractivity contribution in [2.24, 2.45) is 5.73 Å². The van der Waals surface area contributed by atoms with Crippen LogP contribution in [0.25, 0.3) is 0 Å². The first-order valence-electron chi connectivity index (χ1n) is 3.16. The summed E-state index contributed by atoms with van der Waals surface area (Å²) in [5.74, 6) is 1.38. The molecule has 0 spiro atoms. The van der Waals surface area contributed by atoms with Crippen LogP contribution in [0.15, 0.2) is 16.5 Å². The average molecular weight is 155 g/mol. The predicted octanol–water partition coefficient (Wildman–Crippen LogP) is 1.18. The standard InChI is InChI=1S/C7H9NO3/c1-5-2-3-6(11-5)4-10-7(8)9/h2-3H,4H2,1H3,(H2,8,9). The Morgan fingerprint density at radius 1 is 1.73 bits per heavy atom. The van der Waals surface area contributed by atoms with E-state index in [1.165, 1.54) is 0 Å². The molecule has 0 aliphatic heterocycles. The summed E-state index contributed by atoms with van der Waals surface area (Å²) < 4.78 is 9.59. The summed E-state index contributed by atoms with van der Waals surface area (Å²) in [4.78, 5) is 10.1. The smallest absolute Gasteiger partial charge is 0.404 e. The third-order valence-corrected chi connectivity index (χ3v) is 1.15. The molecular weight excluding hydrogens is 146 g/mol. The summed E-state index contributed by atoms with van der Waals surface area (Å²) >= 11 is 0. The van der Waals surface area contributed by atoms with Gasteiger partial charge in [-0.1, -0.05) is 0 Å². The molecule has 1 amide bonds. The van der Waals surface area contributed by atoms with E-state index in [0.29, 0.717) is 5.76 Å². The number of primary amides is 1. The minimum Gasteiger partial charge on any atom is -0.463 e. The molecule has 60 valence electrons. The van der Waals surface area contributed by atoms with Crippen molar-refractivity contribution in [2.75, 3.05) is 0 Å². The summed E-state index contributed by atoms with van der Waals surface area (Å²) in [5, 5.41) is 0. The maximum atomic E-state index is 10.1. The van der Waals surface area contributed by atoms with Crippen LogP contribution < -0.4 is 5.73 Å². The number of furan rings is 1. The number of hydrogen-bond donors (Lipinski definition) is 1. The molecule has 1 rings (SSSR count). The Labute approximate surface area is 63.9 Å². The molecule has 0 saturated heterocycles. The summed E-state index contributed by atoms with van der Waals surface area (Å²) in [7, 11) is 0. The van der Waals surface area contributed by atoms with Crippen molar-refractivity contribution in [3.63, 3.8) is 0 Å². The second kappa shape index (κ2) is 3.09. The number of carbonyl (C=O) groups excluding carboxylic acids is 1. The largest absolute Gasteiger partial charge is 0.463 e. The van der Waals surface area contributed by atoms with Crippen molar-refractivity contribution in [1.82, 2.24) is 0 Å². The maximum Gasteiger partial charge on any atom is 0.404 e. The number of rotatable bonds is 2. The fraction of sp³-hybridized carbons (Fsp3) is 0.286. The first-order valence-corrected chi connectivity index (χ1v) is 3.16. The molecule has 4 heteroatoms. The van der Waals surface area contributed by atoms with Crippen LogP contribution in [0.1, 0.15) is 11.5 Å². The minimum atomic E-state index is -0.793. The first kappa shape index (κ1) is 7.65. The normalized spacial score (nSPS) is 9.55. The van der Waals surface area contributed by atoms with Crippen molar-refractivity contribution < 1.29 is 13.9 Å². The Kier molecular flexibility index (Phi) is 2.15. The third-order valence-electron chi connectivity index (χ3n) is 1.15. The van der Waals surface area contributed by atoms with E-state index in [0.717, 1.165) is 5.76 Å². The fourth-order valence-corrected chi connectivity index (χ4v) is 0.705. The van der Waals surface area contributed by atoms with Crippen LogP contribution in [-0.2, 0) is 11.3 Å². The van der Waals surface area contributed by atoms with Gasteiger partial charge in [0.2, 0.25) is 0 Å². The van der Waals surface area contributed by atoms with E-state index in [1.807, 2.05) is 6.92 Å². The Hall–Kier alpha value is -1.45. The van der Waals surface area contributed by atoms with Gasteiger partial charge in [0.05, 0.1) is 0 Å². The van der Waals surface area contributed by atoms with Crippen LogP contribution in [0.2, 0.25) is 0 Å². The summed E-state index contributed by atoms with van der Waals surface area (Å²) in [6.45, 7) is 1.91. The predicted molar refractivity (Wildman–Crippen MR) is 37.8 cm³/mol. The van der Waals surface area contributed by atoms with Crippen LogP contribution in [-0.4, -0.2) is 6.09 Å². The zero-order valence-electron chi connectivity index (χ0n) is 6.16. The molecule has 1 aromatic rings. The zero-order valence-corrected chi connectivity index (χ0v) is 6.16. The molecule has 0 bridgehead atoms. The quantitative estimate of drug-likeness (QED) is 0.697. The third kappa shape index (κ3) is 2.33. The van der Waals surface area contributed by atoms with E-state index >= 15 is 0 Å². The highest BCUT2D eigenvalue weighted by molar-refractivity contribution is 5.64. The molecule has 1 aromatic heterocycles. The molecular formula is C7H9NO3. The highest BCUT2D eigenvalue weighted by Crippen LogP contribution is 2.06. The molecule has 0 radical (unpaired) electrons. The SMILES string of the molecule is Cc1ccc(COC(N)=O)o1. The number of aryl methyl sites for hydroxylation is 1. The van der Waals surface area contributed by atoms with Crippen LogP contribution in [0.5, 0.6) is 0 Å². The average Bonchev–Trinajstić information content (AvgIpc) is 2.31. The van der Waals surface area contributed by atoms with E-state index in [4.69, 9.17) is 10.2 Å². The lowest BCUT2D eigenvalue weighted by atomic mass is 10.4. The Morgan fingerprint density at radius 3 is 2.91 bits per heavy atom. The Bertz CT molecular complexity index is 254. The van der Waals surface area contributed by atoms with E-state index in [1.54, 1.807) is 12.1 Å². The molecule has 4 nitrogen and oxygen atoms in total. The molecule has 0 fully saturated rings. The molecule has 2 N–H and O–H groups in total. The molecule has 0 saturated carbocycles. The summed E-state index contributed by atoms with van der Waals surface area (Å²) in [5.41, 5.74) is 4.74. The lowest BCUT2D eigenvalue weighted by Crippen LogP contribution is -2.12. The van der Waals surface area contributed by atoms with E-state index in [2.05, 4.69) is 4.74 Å². The van der Waals surface area contributed by atoms with Gasteiger partial charge in [0.15, 0.2) is 6.61 Å². The number of amides is 1. The monoisotopic (exact) mass is 155 g/mol. The second-order valence-electron chi connectivity index (χ2n) is 2.12. The van der Waals surface area contributed by atoms with Gasteiger partial charge in [-0.15, -0.1) is 0 Å². The zero-order chi connectivity index (χ0) is 8.27. The van der Waals surface area contributed by atoms with Gasteiger partial charge in [-0.2, -0.15) is 0 Å². The van der Waals surface area contributed by atoms with Crippen molar-refractivity contribution >= 4 is 6.09 Å². The van der Waals surface area contributed by atoms with Crippen molar-refractivity contribution in [1.29, 1.82) is 0 Å². The van der Waals surface area contributed by atoms with Gasteiger partial charge < -0.3 is 14.9 Å². The molecule has 0 atom stereocenters. The fourth-order valence-electron chi connectivity index (χ4n) is 0.705. The van der Waals surface area contributed by atoms with Crippen molar-refractivity contribution in [3.05, 3.63) is 23.7 Å². The van der Waals surface area contributed by atoms with Crippen LogP contribution in [0, 0.1) is 6.92 Å². The molecule has 1 heterocycles. The van der Waals surface area contributed by atoms with Gasteiger partial charge >= 0.3 is 6.09 Å². The van der Waals surface area contributed by atoms with E-state index in [-0.39, 0.29) is 6.61 Å². The number of hydrogen-bond acceptors (Lipinski definition) is 3. The molecule has 0 aromatic carbocycles. The van der Waals surface area contributed by atoms with Crippen LogP contribution >= 0.6 is 0 Å². The van der Waals surface area contributed by atoms with E-state index < -0.39 is 6.09 Å². The number of carbonyl (C=O) groups is 1. The highest BCUT2D eigenvalue weighted by atomic mass is 16.6. The molecule has 11 heavy (non-hydrogen) atoms. The van der Waals surface area contributed by atoms with Crippen molar-refractivity contribution in [3.8, 4) is 0 Å². The Balaban J connectivity index is 2.45. The number of nitrogens with two attached hydrogens (primary N) is 1. The van der Waals surface area contributed by atoms with Gasteiger partial charge in [0.25, 0.3) is 0 Å². The summed E-state index contributed by atoms with van der Waals surface area (Å²) in [6.07, 6.45) is -0.793.